The summed E-state index contributed by atoms with van der Waals surface area (Å²) in [7, 11) is 0. The standard InChI is InChI=1S/C9H12N3O/c1-2-6-12(13-7-3-1)9-4-5-10-8-11-9/h4-5H,1-3,6-7H2. The Bertz CT molecular complexity index is 244. The van der Waals surface area contributed by atoms with Gasteiger partial charge in [0.2, 0.25) is 0 Å². The van der Waals surface area contributed by atoms with Gasteiger partial charge in [-0.05, 0) is 19.3 Å². The summed E-state index contributed by atoms with van der Waals surface area (Å²) in [5, 5.41) is 1.82. The van der Waals surface area contributed by atoms with E-state index in [0.29, 0.717) is 0 Å². The SMILES string of the molecule is [c]1nccc(N2CCCCCO2)n1. The molecule has 1 radical (unpaired) electrons. The molecular formula is C9H12N3O. The maximum atomic E-state index is 5.51. The van der Waals surface area contributed by atoms with Gasteiger partial charge in [0.05, 0.1) is 6.61 Å². The van der Waals surface area contributed by atoms with Crippen LogP contribution in [0.2, 0.25) is 0 Å². The molecule has 1 aromatic rings. The van der Waals surface area contributed by atoms with Crippen molar-refractivity contribution in [3.63, 3.8) is 0 Å². The van der Waals surface area contributed by atoms with Gasteiger partial charge < -0.3 is 0 Å². The molecule has 13 heavy (non-hydrogen) atoms. The zero-order valence-corrected chi connectivity index (χ0v) is 7.44. The van der Waals surface area contributed by atoms with E-state index in [0.717, 1.165) is 31.8 Å². The maximum Gasteiger partial charge on any atom is 0.199 e. The number of rotatable bonds is 1. The van der Waals surface area contributed by atoms with Gasteiger partial charge in [-0.25, -0.2) is 15.0 Å². The highest BCUT2D eigenvalue weighted by Crippen LogP contribution is 2.14. The molecule has 1 fully saturated rings. The van der Waals surface area contributed by atoms with Crippen LogP contribution >= 0.6 is 0 Å². The van der Waals surface area contributed by atoms with E-state index in [9.17, 15) is 0 Å². The summed E-state index contributed by atoms with van der Waals surface area (Å²) >= 11 is 0. The molecule has 1 saturated heterocycles. The Morgan fingerprint density at radius 2 is 2.38 bits per heavy atom. The molecule has 4 nitrogen and oxygen atoms in total. The van der Waals surface area contributed by atoms with Crippen LogP contribution < -0.4 is 5.06 Å². The molecule has 0 spiro atoms. The number of hydroxylamine groups is 1. The second-order valence-electron chi connectivity index (χ2n) is 3.01. The van der Waals surface area contributed by atoms with Gasteiger partial charge in [-0.1, -0.05) is 0 Å². The highest BCUT2D eigenvalue weighted by molar-refractivity contribution is 5.32. The van der Waals surface area contributed by atoms with Crippen LogP contribution in [0.3, 0.4) is 0 Å². The highest BCUT2D eigenvalue weighted by atomic mass is 16.7. The lowest BCUT2D eigenvalue weighted by Gasteiger charge is -2.19. The first-order chi connectivity index (χ1) is 6.47. The van der Waals surface area contributed by atoms with E-state index in [1.807, 2.05) is 11.1 Å². The second kappa shape index (κ2) is 4.18. The largest absolute Gasteiger partial charge is 0.272 e. The van der Waals surface area contributed by atoms with Crippen LogP contribution in [0, 0.1) is 6.33 Å². The van der Waals surface area contributed by atoms with Gasteiger partial charge in [0, 0.05) is 18.8 Å². The Balaban J connectivity index is 2.06. The zero-order chi connectivity index (χ0) is 8.93. The molecule has 0 N–H and O–H groups in total. The molecule has 0 bridgehead atoms. The fourth-order valence-corrected chi connectivity index (χ4v) is 1.35. The lowest BCUT2D eigenvalue weighted by molar-refractivity contribution is 0.117. The van der Waals surface area contributed by atoms with E-state index >= 15 is 0 Å². The van der Waals surface area contributed by atoms with E-state index in [1.165, 1.54) is 6.42 Å². The van der Waals surface area contributed by atoms with Crippen LogP contribution in [0.25, 0.3) is 0 Å². The Morgan fingerprint density at radius 1 is 1.38 bits per heavy atom. The summed E-state index contributed by atoms with van der Waals surface area (Å²) < 4.78 is 0. The maximum absolute atomic E-state index is 5.51. The number of anilines is 1. The number of aromatic nitrogens is 2. The average Bonchev–Trinajstić information content (AvgIpc) is 2.47. The Morgan fingerprint density at radius 3 is 3.23 bits per heavy atom. The Hall–Kier alpha value is -1.16. The van der Waals surface area contributed by atoms with Crippen LogP contribution in [0.5, 0.6) is 0 Å². The van der Waals surface area contributed by atoms with E-state index in [2.05, 4.69) is 16.3 Å². The van der Waals surface area contributed by atoms with Crippen LogP contribution in [-0.4, -0.2) is 23.1 Å². The van der Waals surface area contributed by atoms with Crippen molar-refractivity contribution in [2.75, 3.05) is 18.2 Å². The van der Waals surface area contributed by atoms with Gasteiger partial charge in [0.15, 0.2) is 12.1 Å². The summed E-state index contributed by atoms with van der Waals surface area (Å²) in [6.45, 7) is 1.69. The molecule has 0 aromatic carbocycles. The van der Waals surface area contributed by atoms with E-state index in [1.54, 1.807) is 6.20 Å². The highest BCUT2D eigenvalue weighted by Gasteiger charge is 2.10. The lowest BCUT2D eigenvalue weighted by atomic mass is 10.2. The average molecular weight is 178 g/mol. The van der Waals surface area contributed by atoms with E-state index < -0.39 is 0 Å². The van der Waals surface area contributed by atoms with Crippen molar-refractivity contribution in [2.45, 2.75) is 19.3 Å². The molecule has 0 amide bonds. The zero-order valence-electron chi connectivity index (χ0n) is 7.44. The molecule has 0 atom stereocenters. The predicted octanol–water partition coefficient (Wildman–Crippen LogP) is 1.20. The topological polar surface area (TPSA) is 38.2 Å². The first-order valence-corrected chi connectivity index (χ1v) is 4.56. The molecule has 1 aliphatic rings. The fourth-order valence-electron chi connectivity index (χ4n) is 1.35. The van der Waals surface area contributed by atoms with Crippen LogP contribution in [0.15, 0.2) is 12.3 Å². The first-order valence-electron chi connectivity index (χ1n) is 4.56. The van der Waals surface area contributed by atoms with Gasteiger partial charge in [-0.15, -0.1) is 0 Å². The summed E-state index contributed by atoms with van der Waals surface area (Å²) in [6, 6.07) is 1.84. The minimum absolute atomic E-state index is 0.782. The monoisotopic (exact) mass is 178 g/mol. The Labute approximate surface area is 77.5 Å². The van der Waals surface area contributed by atoms with E-state index in [-0.39, 0.29) is 0 Å². The molecule has 0 unspecified atom stereocenters. The van der Waals surface area contributed by atoms with Crippen molar-refractivity contribution < 1.29 is 4.84 Å². The van der Waals surface area contributed by atoms with Crippen LogP contribution in [0.4, 0.5) is 5.82 Å². The molecule has 0 aliphatic carbocycles. The van der Waals surface area contributed by atoms with Gasteiger partial charge in [0.1, 0.15) is 0 Å². The van der Waals surface area contributed by atoms with Gasteiger partial charge in [-0.3, -0.25) is 4.84 Å². The predicted molar refractivity (Wildman–Crippen MR) is 48.0 cm³/mol. The van der Waals surface area contributed by atoms with Gasteiger partial charge >= 0.3 is 0 Å². The summed E-state index contributed by atoms with van der Waals surface area (Å²) in [5.74, 6) is 0.803. The van der Waals surface area contributed by atoms with Crippen molar-refractivity contribution in [3.8, 4) is 0 Å². The van der Waals surface area contributed by atoms with Crippen molar-refractivity contribution in [2.24, 2.45) is 0 Å². The van der Waals surface area contributed by atoms with Gasteiger partial charge in [0.25, 0.3) is 0 Å². The van der Waals surface area contributed by atoms with Crippen LogP contribution in [0.1, 0.15) is 19.3 Å². The molecular weight excluding hydrogens is 166 g/mol. The summed E-state index contributed by atoms with van der Waals surface area (Å²) in [5.41, 5.74) is 0. The number of hydrogen-bond acceptors (Lipinski definition) is 4. The van der Waals surface area contributed by atoms with Crippen molar-refractivity contribution in [1.29, 1.82) is 0 Å². The number of hydrogen-bond donors (Lipinski definition) is 0. The van der Waals surface area contributed by atoms with E-state index in [4.69, 9.17) is 4.84 Å². The second-order valence-corrected chi connectivity index (χ2v) is 3.01. The third-order valence-corrected chi connectivity index (χ3v) is 2.03. The minimum atomic E-state index is 0.782. The minimum Gasteiger partial charge on any atom is -0.272 e. The first kappa shape index (κ1) is 8.44. The van der Waals surface area contributed by atoms with Gasteiger partial charge in [-0.2, -0.15) is 0 Å². The summed E-state index contributed by atoms with van der Waals surface area (Å²) in [6.07, 6.45) is 7.75. The molecule has 69 valence electrons. The molecule has 2 heterocycles. The molecule has 4 heteroatoms. The summed E-state index contributed by atoms with van der Waals surface area (Å²) in [4.78, 5) is 13.3. The van der Waals surface area contributed by atoms with Crippen molar-refractivity contribution in [3.05, 3.63) is 18.6 Å². The Kier molecular flexibility index (Phi) is 2.72. The van der Waals surface area contributed by atoms with Crippen molar-refractivity contribution >= 4 is 5.82 Å². The smallest absolute Gasteiger partial charge is 0.199 e. The van der Waals surface area contributed by atoms with Crippen LogP contribution in [-0.2, 0) is 4.84 Å². The molecule has 1 aromatic heterocycles. The fraction of sp³-hybridized carbons (Fsp3) is 0.556. The lowest BCUT2D eigenvalue weighted by Crippen LogP contribution is -2.24. The number of nitrogens with zero attached hydrogens (tertiary/aromatic N) is 3. The molecule has 1 aliphatic heterocycles. The third kappa shape index (κ3) is 2.15. The van der Waals surface area contributed by atoms with Crippen molar-refractivity contribution in [1.82, 2.24) is 9.97 Å². The quantitative estimate of drug-likeness (QED) is 0.647. The molecule has 2 rings (SSSR count). The molecule has 0 saturated carbocycles. The third-order valence-electron chi connectivity index (χ3n) is 2.03. The normalized spacial score (nSPS) is 18.3.